The molecule has 1 aromatic rings. The molecule has 0 aliphatic carbocycles. The zero-order valence-corrected chi connectivity index (χ0v) is 12.6. The third-order valence-corrected chi connectivity index (χ3v) is 3.51. The van der Waals surface area contributed by atoms with E-state index in [1.807, 2.05) is 25.1 Å². The summed E-state index contributed by atoms with van der Waals surface area (Å²) in [5, 5.41) is 8.94. The third-order valence-electron chi connectivity index (χ3n) is 3.51. The Balaban J connectivity index is 2.32. The molecule has 21 heavy (non-hydrogen) atoms. The number of benzene rings is 1. The molecular weight excluding hydrogens is 270 g/mol. The summed E-state index contributed by atoms with van der Waals surface area (Å²) in [7, 11) is 0. The second-order valence-corrected chi connectivity index (χ2v) is 5.85. The number of ether oxygens (including phenoxy) is 1. The average molecular weight is 291 g/mol. The van der Waals surface area contributed by atoms with Crippen LogP contribution in [0.1, 0.15) is 32.3 Å². The summed E-state index contributed by atoms with van der Waals surface area (Å²) in [6.45, 7) is 6.70. The van der Waals surface area contributed by atoms with Crippen molar-refractivity contribution in [2.75, 3.05) is 11.4 Å². The molecule has 2 rings (SSSR count). The molecule has 1 aliphatic heterocycles. The van der Waals surface area contributed by atoms with Gasteiger partial charge in [0.1, 0.15) is 5.75 Å². The molecule has 0 saturated heterocycles. The highest BCUT2D eigenvalue weighted by molar-refractivity contribution is 6.01. The zero-order chi connectivity index (χ0) is 15.6. The number of carboxylic acids is 1. The number of fused-ring (bicyclic) bond motifs is 1. The number of anilines is 1. The van der Waals surface area contributed by atoms with Crippen molar-refractivity contribution in [3.05, 3.63) is 23.8 Å². The van der Waals surface area contributed by atoms with E-state index in [2.05, 4.69) is 13.8 Å². The topological polar surface area (TPSA) is 66.8 Å². The lowest BCUT2D eigenvalue weighted by molar-refractivity contribution is -0.142. The lowest BCUT2D eigenvalue weighted by Crippen LogP contribution is -2.47. The van der Waals surface area contributed by atoms with E-state index in [1.165, 1.54) is 0 Å². The van der Waals surface area contributed by atoms with Crippen molar-refractivity contribution in [2.45, 2.75) is 39.7 Å². The van der Waals surface area contributed by atoms with Gasteiger partial charge in [-0.1, -0.05) is 19.9 Å². The van der Waals surface area contributed by atoms with Crippen molar-refractivity contribution in [3.8, 4) is 5.75 Å². The fourth-order valence-corrected chi connectivity index (χ4v) is 2.34. The number of aryl methyl sites for hydroxylation is 1. The molecule has 0 saturated carbocycles. The second kappa shape index (κ2) is 6.16. The molecule has 1 amide bonds. The number of hydrogen-bond donors (Lipinski definition) is 1. The summed E-state index contributed by atoms with van der Waals surface area (Å²) >= 11 is 0. The van der Waals surface area contributed by atoms with Gasteiger partial charge in [-0.05, 0) is 37.0 Å². The fourth-order valence-electron chi connectivity index (χ4n) is 2.34. The number of aliphatic carboxylic acids is 1. The van der Waals surface area contributed by atoms with Crippen molar-refractivity contribution in [3.63, 3.8) is 0 Å². The minimum atomic E-state index is -1.03. The molecule has 0 radical (unpaired) electrons. The van der Waals surface area contributed by atoms with Gasteiger partial charge in [0.25, 0.3) is 5.91 Å². The number of hydrogen-bond acceptors (Lipinski definition) is 3. The fraction of sp³-hybridized carbons (Fsp3) is 0.500. The molecule has 0 bridgehead atoms. The molecule has 1 N–H and O–H groups in total. The number of carboxylic acid groups (broad SMARTS) is 1. The Labute approximate surface area is 124 Å². The highest BCUT2D eigenvalue weighted by Gasteiger charge is 2.35. The van der Waals surface area contributed by atoms with Crippen LogP contribution < -0.4 is 9.64 Å². The zero-order valence-electron chi connectivity index (χ0n) is 12.6. The standard InChI is InChI=1S/C16H21NO4/c1-10(2)6-7-17-12-5-4-11(3)8-13(12)21-14(16(17)20)9-15(18)19/h4-5,8,10,14H,6-7,9H2,1-3H3,(H,18,19). The van der Waals surface area contributed by atoms with E-state index in [4.69, 9.17) is 9.84 Å². The summed E-state index contributed by atoms with van der Waals surface area (Å²) in [4.78, 5) is 25.0. The van der Waals surface area contributed by atoms with E-state index in [0.717, 1.165) is 17.7 Å². The minimum absolute atomic E-state index is 0.269. The van der Waals surface area contributed by atoms with Crippen LogP contribution in [0.15, 0.2) is 18.2 Å². The second-order valence-electron chi connectivity index (χ2n) is 5.85. The molecule has 1 atom stereocenters. The average Bonchev–Trinajstić information content (AvgIpc) is 2.38. The first kappa shape index (κ1) is 15.4. The number of carbonyl (C=O) groups excluding carboxylic acids is 1. The SMILES string of the molecule is Cc1ccc2c(c1)OC(CC(=O)O)C(=O)N2CCC(C)C. The van der Waals surface area contributed by atoms with Crippen LogP contribution in [0.4, 0.5) is 5.69 Å². The van der Waals surface area contributed by atoms with Crippen LogP contribution in [-0.2, 0) is 9.59 Å². The van der Waals surface area contributed by atoms with Gasteiger partial charge in [-0.15, -0.1) is 0 Å². The predicted molar refractivity (Wildman–Crippen MR) is 79.7 cm³/mol. The molecule has 1 heterocycles. The van der Waals surface area contributed by atoms with Crippen molar-refractivity contribution >= 4 is 17.6 Å². The maximum Gasteiger partial charge on any atom is 0.307 e. The lowest BCUT2D eigenvalue weighted by atomic mass is 10.1. The highest BCUT2D eigenvalue weighted by Crippen LogP contribution is 2.35. The summed E-state index contributed by atoms with van der Waals surface area (Å²) < 4.78 is 5.60. The Kier molecular flexibility index (Phi) is 4.50. The number of nitrogens with zero attached hydrogens (tertiary/aromatic N) is 1. The van der Waals surface area contributed by atoms with Gasteiger partial charge in [0.15, 0.2) is 6.10 Å². The number of rotatable bonds is 5. The van der Waals surface area contributed by atoms with Crippen LogP contribution in [0.25, 0.3) is 0 Å². The van der Waals surface area contributed by atoms with Gasteiger partial charge in [0.05, 0.1) is 12.1 Å². The monoisotopic (exact) mass is 291 g/mol. The van der Waals surface area contributed by atoms with Crippen LogP contribution in [-0.4, -0.2) is 29.6 Å². The largest absolute Gasteiger partial charge is 0.481 e. The predicted octanol–water partition coefficient (Wildman–Crippen LogP) is 2.61. The quantitative estimate of drug-likeness (QED) is 0.905. The Morgan fingerprint density at radius 3 is 2.76 bits per heavy atom. The molecule has 5 heteroatoms. The molecular formula is C16H21NO4. The van der Waals surface area contributed by atoms with Crippen molar-refractivity contribution in [1.29, 1.82) is 0 Å². The molecule has 1 aromatic carbocycles. The van der Waals surface area contributed by atoms with Gasteiger partial charge >= 0.3 is 5.97 Å². The highest BCUT2D eigenvalue weighted by atomic mass is 16.5. The molecule has 0 aromatic heterocycles. The third kappa shape index (κ3) is 3.54. The van der Waals surface area contributed by atoms with Crippen LogP contribution >= 0.6 is 0 Å². The van der Waals surface area contributed by atoms with Crippen molar-refractivity contribution < 1.29 is 19.4 Å². The molecule has 5 nitrogen and oxygen atoms in total. The van der Waals surface area contributed by atoms with Crippen LogP contribution in [0, 0.1) is 12.8 Å². The normalized spacial score (nSPS) is 17.6. The first-order chi connectivity index (χ1) is 9.88. The Bertz CT molecular complexity index is 553. The molecule has 1 aliphatic rings. The van der Waals surface area contributed by atoms with E-state index < -0.39 is 12.1 Å². The van der Waals surface area contributed by atoms with Crippen molar-refractivity contribution in [1.82, 2.24) is 0 Å². The van der Waals surface area contributed by atoms with E-state index >= 15 is 0 Å². The minimum Gasteiger partial charge on any atom is -0.481 e. The van der Waals surface area contributed by atoms with Gasteiger partial charge < -0.3 is 14.7 Å². The maximum absolute atomic E-state index is 12.5. The van der Waals surface area contributed by atoms with E-state index in [-0.39, 0.29) is 12.3 Å². The van der Waals surface area contributed by atoms with Crippen molar-refractivity contribution in [2.24, 2.45) is 5.92 Å². The van der Waals surface area contributed by atoms with E-state index in [0.29, 0.717) is 18.2 Å². The summed E-state index contributed by atoms with van der Waals surface area (Å²) in [5.74, 6) is -0.250. The van der Waals surface area contributed by atoms with E-state index in [9.17, 15) is 9.59 Å². The first-order valence-electron chi connectivity index (χ1n) is 7.19. The Morgan fingerprint density at radius 1 is 1.43 bits per heavy atom. The Hall–Kier alpha value is -2.04. The van der Waals surface area contributed by atoms with Gasteiger partial charge in [0, 0.05) is 6.54 Å². The van der Waals surface area contributed by atoms with Gasteiger partial charge in [-0.3, -0.25) is 9.59 Å². The lowest BCUT2D eigenvalue weighted by Gasteiger charge is -2.34. The van der Waals surface area contributed by atoms with Crippen LogP contribution in [0.5, 0.6) is 5.75 Å². The first-order valence-corrected chi connectivity index (χ1v) is 7.19. The summed E-state index contributed by atoms with van der Waals surface area (Å²) in [6.07, 6.45) is -0.396. The Morgan fingerprint density at radius 2 is 2.14 bits per heavy atom. The smallest absolute Gasteiger partial charge is 0.307 e. The molecule has 0 fully saturated rings. The molecule has 1 unspecified atom stereocenters. The summed E-state index contributed by atoms with van der Waals surface area (Å²) in [6, 6.07) is 5.63. The molecule has 0 spiro atoms. The van der Waals surface area contributed by atoms with E-state index in [1.54, 1.807) is 4.90 Å². The summed E-state index contributed by atoms with van der Waals surface area (Å²) in [5.41, 5.74) is 1.74. The van der Waals surface area contributed by atoms with Gasteiger partial charge in [-0.25, -0.2) is 0 Å². The number of carbonyl (C=O) groups is 2. The van der Waals surface area contributed by atoms with Gasteiger partial charge in [0.2, 0.25) is 0 Å². The molecule has 114 valence electrons. The van der Waals surface area contributed by atoms with Gasteiger partial charge in [-0.2, -0.15) is 0 Å². The maximum atomic E-state index is 12.5. The van der Waals surface area contributed by atoms with Crippen LogP contribution in [0.2, 0.25) is 0 Å². The van der Waals surface area contributed by atoms with Crippen LogP contribution in [0.3, 0.4) is 0 Å². The number of amides is 1.